The van der Waals surface area contributed by atoms with Crippen molar-refractivity contribution >= 4 is 0 Å². The van der Waals surface area contributed by atoms with Gasteiger partial charge < -0.3 is 16.2 Å². The summed E-state index contributed by atoms with van der Waals surface area (Å²) in [6.45, 7) is 0. The van der Waals surface area contributed by atoms with Gasteiger partial charge in [-0.05, 0) is 19.9 Å². The van der Waals surface area contributed by atoms with Gasteiger partial charge in [0.05, 0.1) is 6.10 Å². The molecule has 0 aromatic rings. The number of aliphatic hydroxyl groups excluding tert-OH is 1. The number of hydrogen-bond acceptors (Lipinski definition) is 3. The van der Waals surface area contributed by atoms with Gasteiger partial charge in [-0.1, -0.05) is 0 Å². The molecule has 0 aromatic heterocycles. The van der Waals surface area contributed by atoms with E-state index in [1.165, 1.54) is 0 Å². The van der Waals surface area contributed by atoms with Crippen molar-refractivity contribution in [1.82, 2.24) is 5.32 Å². The lowest BCUT2D eigenvalue weighted by molar-refractivity contribution is 0.179. The first kappa shape index (κ1) is 6.99. The summed E-state index contributed by atoms with van der Waals surface area (Å²) in [7, 11) is 1.88. The van der Waals surface area contributed by atoms with Gasteiger partial charge in [-0.3, -0.25) is 0 Å². The molecule has 0 spiro atoms. The second-order valence-electron chi connectivity index (χ2n) is 2.68. The Morgan fingerprint density at radius 1 is 1.56 bits per heavy atom. The van der Waals surface area contributed by atoms with Gasteiger partial charge in [0.25, 0.3) is 0 Å². The topological polar surface area (TPSA) is 58.3 Å². The van der Waals surface area contributed by atoms with E-state index < -0.39 is 0 Å². The molecule has 4 N–H and O–H groups in total. The smallest absolute Gasteiger partial charge is 0.0571 e. The lowest BCUT2D eigenvalue weighted by Gasteiger charge is -2.11. The zero-order valence-electron chi connectivity index (χ0n) is 5.67. The normalized spacial score (nSPS) is 43.7. The highest BCUT2D eigenvalue weighted by molar-refractivity contribution is 4.89. The maximum Gasteiger partial charge on any atom is 0.0571 e. The van der Waals surface area contributed by atoms with Crippen LogP contribution in [0.25, 0.3) is 0 Å². The zero-order chi connectivity index (χ0) is 6.85. The van der Waals surface area contributed by atoms with Gasteiger partial charge >= 0.3 is 0 Å². The minimum atomic E-state index is -0.183. The summed E-state index contributed by atoms with van der Waals surface area (Å²) in [6.07, 6.45) is 1.36. The van der Waals surface area contributed by atoms with Gasteiger partial charge in [0.1, 0.15) is 0 Å². The maximum atomic E-state index is 9.08. The van der Waals surface area contributed by atoms with Gasteiger partial charge in [0.2, 0.25) is 0 Å². The predicted octanol–water partition coefficient (Wildman–Crippen LogP) is -0.944. The molecule has 0 radical (unpaired) electrons. The number of likely N-dealkylation sites (N-methyl/N-ethyl adjacent to an activating group) is 1. The molecule has 0 heterocycles. The Balaban J connectivity index is 2.38. The van der Waals surface area contributed by atoms with Crippen LogP contribution >= 0.6 is 0 Å². The summed E-state index contributed by atoms with van der Waals surface area (Å²) in [5, 5.41) is 12.1. The van der Waals surface area contributed by atoms with E-state index in [-0.39, 0.29) is 12.1 Å². The van der Waals surface area contributed by atoms with E-state index >= 15 is 0 Å². The van der Waals surface area contributed by atoms with E-state index in [0.29, 0.717) is 6.04 Å². The van der Waals surface area contributed by atoms with E-state index in [9.17, 15) is 0 Å². The van der Waals surface area contributed by atoms with Crippen molar-refractivity contribution in [3.05, 3.63) is 0 Å². The molecule has 0 aliphatic heterocycles. The van der Waals surface area contributed by atoms with E-state index in [1.807, 2.05) is 7.05 Å². The van der Waals surface area contributed by atoms with Crippen LogP contribution in [-0.2, 0) is 0 Å². The van der Waals surface area contributed by atoms with Gasteiger partial charge in [-0.15, -0.1) is 0 Å². The second-order valence-corrected chi connectivity index (χ2v) is 2.68. The molecule has 0 saturated heterocycles. The molecule has 0 aromatic carbocycles. The summed E-state index contributed by atoms with van der Waals surface area (Å²) in [5.41, 5.74) is 5.66. The van der Waals surface area contributed by atoms with Crippen LogP contribution in [0.4, 0.5) is 0 Å². The SMILES string of the molecule is CN[C@H]1C[C@@H](O)C[C@H]1N. The Labute approximate surface area is 55.2 Å². The first-order chi connectivity index (χ1) is 4.24. The third-order valence-electron chi connectivity index (χ3n) is 1.96. The van der Waals surface area contributed by atoms with Crippen molar-refractivity contribution in [2.75, 3.05) is 7.05 Å². The number of aliphatic hydroxyl groups is 1. The molecule has 3 atom stereocenters. The second kappa shape index (κ2) is 2.64. The Bertz CT molecular complexity index is 97.1. The van der Waals surface area contributed by atoms with Gasteiger partial charge in [-0.25, -0.2) is 0 Å². The quantitative estimate of drug-likeness (QED) is 0.429. The molecule has 1 rings (SSSR count). The third-order valence-corrected chi connectivity index (χ3v) is 1.96. The molecule has 1 fully saturated rings. The number of nitrogens with one attached hydrogen (secondary N) is 1. The van der Waals surface area contributed by atoms with Crippen molar-refractivity contribution in [3.8, 4) is 0 Å². The molecule has 0 unspecified atom stereocenters. The Hall–Kier alpha value is -0.120. The van der Waals surface area contributed by atoms with Crippen LogP contribution < -0.4 is 11.1 Å². The lowest BCUT2D eigenvalue weighted by Crippen LogP contribution is -2.38. The molecule has 0 amide bonds. The molecule has 3 nitrogen and oxygen atoms in total. The van der Waals surface area contributed by atoms with Crippen LogP contribution in [0.3, 0.4) is 0 Å². The minimum Gasteiger partial charge on any atom is -0.393 e. The van der Waals surface area contributed by atoms with Crippen LogP contribution in [0.2, 0.25) is 0 Å². The minimum absolute atomic E-state index is 0.144. The lowest BCUT2D eigenvalue weighted by atomic mass is 10.2. The summed E-state index contributed by atoms with van der Waals surface area (Å²) in [4.78, 5) is 0. The van der Waals surface area contributed by atoms with E-state index in [4.69, 9.17) is 10.8 Å². The number of hydrogen-bond donors (Lipinski definition) is 3. The van der Waals surface area contributed by atoms with Crippen molar-refractivity contribution in [3.63, 3.8) is 0 Å². The molecule has 9 heavy (non-hydrogen) atoms. The molecule has 3 heteroatoms. The van der Waals surface area contributed by atoms with Crippen molar-refractivity contribution < 1.29 is 5.11 Å². The Morgan fingerprint density at radius 3 is 2.44 bits per heavy atom. The van der Waals surface area contributed by atoms with Crippen LogP contribution in [0.15, 0.2) is 0 Å². The van der Waals surface area contributed by atoms with Crippen molar-refractivity contribution in [2.24, 2.45) is 5.73 Å². The van der Waals surface area contributed by atoms with Gasteiger partial charge in [-0.2, -0.15) is 0 Å². The van der Waals surface area contributed by atoms with Crippen LogP contribution in [0.5, 0.6) is 0 Å². The van der Waals surface area contributed by atoms with Crippen LogP contribution in [0, 0.1) is 0 Å². The third kappa shape index (κ3) is 1.41. The summed E-state index contributed by atoms with van der Waals surface area (Å²) >= 11 is 0. The number of rotatable bonds is 1. The highest BCUT2D eigenvalue weighted by Crippen LogP contribution is 2.17. The maximum absolute atomic E-state index is 9.08. The first-order valence-electron chi connectivity index (χ1n) is 3.35. The van der Waals surface area contributed by atoms with Gasteiger partial charge in [0.15, 0.2) is 0 Å². The van der Waals surface area contributed by atoms with Crippen molar-refractivity contribution in [1.29, 1.82) is 0 Å². The van der Waals surface area contributed by atoms with E-state index in [0.717, 1.165) is 12.8 Å². The Morgan fingerprint density at radius 2 is 2.22 bits per heavy atom. The molecule has 1 saturated carbocycles. The zero-order valence-corrected chi connectivity index (χ0v) is 5.67. The summed E-state index contributed by atoms with van der Waals surface area (Å²) in [5.74, 6) is 0. The average molecular weight is 130 g/mol. The van der Waals surface area contributed by atoms with Gasteiger partial charge in [0, 0.05) is 12.1 Å². The number of nitrogens with two attached hydrogens (primary N) is 1. The molecule has 54 valence electrons. The standard InChI is InChI=1S/C6H14N2O/c1-8-6-3-4(9)2-5(6)7/h4-6,8-9H,2-3,7H2,1H3/t4-,5+,6-/m0/s1. The largest absolute Gasteiger partial charge is 0.393 e. The average Bonchev–Trinajstić information content (AvgIpc) is 2.10. The highest BCUT2D eigenvalue weighted by Gasteiger charge is 2.28. The summed E-state index contributed by atoms with van der Waals surface area (Å²) in [6, 6.07) is 0.463. The monoisotopic (exact) mass is 130 g/mol. The summed E-state index contributed by atoms with van der Waals surface area (Å²) < 4.78 is 0. The highest BCUT2D eigenvalue weighted by atomic mass is 16.3. The predicted molar refractivity (Wildman–Crippen MR) is 36.1 cm³/mol. The fourth-order valence-corrected chi connectivity index (χ4v) is 1.37. The fraction of sp³-hybridized carbons (Fsp3) is 1.00. The molecule has 1 aliphatic carbocycles. The molecular weight excluding hydrogens is 116 g/mol. The first-order valence-corrected chi connectivity index (χ1v) is 3.35. The Kier molecular flexibility index (Phi) is 2.05. The van der Waals surface area contributed by atoms with Crippen molar-refractivity contribution in [2.45, 2.75) is 31.0 Å². The van der Waals surface area contributed by atoms with Crippen LogP contribution in [0.1, 0.15) is 12.8 Å². The van der Waals surface area contributed by atoms with Crippen LogP contribution in [-0.4, -0.2) is 30.3 Å². The fourth-order valence-electron chi connectivity index (χ4n) is 1.37. The molecular formula is C6H14N2O. The van der Waals surface area contributed by atoms with E-state index in [1.54, 1.807) is 0 Å². The molecule has 0 bridgehead atoms. The van der Waals surface area contributed by atoms with E-state index in [2.05, 4.69) is 5.32 Å². The molecule has 1 aliphatic rings.